The maximum atomic E-state index is 13.1. The summed E-state index contributed by atoms with van der Waals surface area (Å²) in [7, 11) is 0. The van der Waals surface area contributed by atoms with Gasteiger partial charge in [-0.3, -0.25) is 14.5 Å². The number of carbonyl (C=O) groups excluding carboxylic acids is 2. The smallest absolute Gasteiger partial charge is 0.254 e. The average Bonchev–Trinajstić information content (AvgIpc) is 2.86. The van der Waals surface area contributed by atoms with Crippen molar-refractivity contribution in [3.8, 4) is 5.75 Å². The Labute approximate surface area is 207 Å². The zero-order valence-electron chi connectivity index (χ0n) is 20.5. The van der Waals surface area contributed by atoms with Gasteiger partial charge in [-0.2, -0.15) is 0 Å². The van der Waals surface area contributed by atoms with Crippen LogP contribution in [0.1, 0.15) is 46.8 Å². The Balaban J connectivity index is 1.14. The second kappa shape index (κ2) is 10.4. The number of aliphatic hydroxyl groups is 1. The molecule has 2 amide bonds. The van der Waals surface area contributed by atoms with E-state index in [4.69, 9.17) is 4.74 Å². The van der Waals surface area contributed by atoms with Crippen LogP contribution in [0.4, 0.5) is 0 Å². The molecular weight excluding hydrogens is 442 g/mol. The molecule has 1 N–H and O–H groups in total. The number of amides is 2. The molecule has 0 aliphatic carbocycles. The van der Waals surface area contributed by atoms with E-state index in [2.05, 4.69) is 29.2 Å². The van der Waals surface area contributed by atoms with E-state index in [1.54, 1.807) is 11.8 Å². The Morgan fingerprint density at radius 2 is 1.74 bits per heavy atom. The standard InChI is InChI=1S/C28H35N3O4/c1-20(32)30-14-10-25(11-15-30)35-26-6-7-27-22(16-26)9-13-31(28(27)34)19-24(33)18-29-12-8-21-4-2-3-5-23(21)17-29/h2-7,16,24-25,33H,8-15,17-19H2,1H3/t24-/m1/s1. The van der Waals surface area contributed by atoms with Crippen LogP contribution in [0.15, 0.2) is 42.5 Å². The normalized spacial score (nSPS) is 19.8. The van der Waals surface area contributed by atoms with Gasteiger partial charge in [-0.25, -0.2) is 0 Å². The second-order valence-electron chi connectivity index (χ2n) is 10.1. The van der Waals surface area contributed by atoms with Gasteiger partial charge in [-0.15, -0.1) is 0 Å². The molecule has 3 aliphatic rings. The van der Waals surface area contributed by atoms with E-state index in [1.807, 2.05) is 23.1 Å². The Kier molecular flexibility index (Phi) is 7.07. The van der Waals surface area contributed by atoms with Crippen molar-refractivity contribution >= 4 is 11.8 Å². The predicted molar refractivity (Wildman–Crippen MR) is 133 cm³/mol. The van der Waals surface area contributed by atoms with Gasteiger partial charge in [0.1, 0.15) is 11.9 Å². The van der Waals surface area contributed by atoms with Crippen molar-refractivity contribution in [2.45, 2.75) is 51.4 Å². The minimum atomic E-state index is -0.575. The van der Waals surface area contributed by atoms with Gasteiger partial charge in [0.25, 0.3) is 5.91 Å². The minimum absolute atomic E-state index is 0.0180. The maximum Gasteiger partial charge on any atom is 0.254 e. The molecular formula is C28H35N3O4. The lowest BCUT2D eigenvalue weighted by Gasteiger charge is -2.34. The summed E-state index contributed by atoms with van der Waals surface area (Å²) >= 11 is 0. The van der Waals surface area contributed by atoms with Gasteiger partial charge in [-0.1, -0.05) is 24.3 Å². The van der Waals surface area contributed by atoms with Crippen LogP contribution in [-0.2, 0) is 24.2 Å². The van der Waals surface area contributed by atoms with Crippen molar-refractivity contribution in [1.82, 2.24) is 14.7 Å². The fourth-order valence-corrected chi connectivity index (χ4v) is 5.56. The number of β-amino-alcohol motifs (C(OH)–C–C–N with tert-alkyl or cyclic N) is 1. The number of piperidine rings is 1. The summed E-state index contributed by atoms with van der Waals surface area (Å²) in [5, 5.41) is 10.8. The Morgan fingerprint density at radius 1 is 1.00 bits per heavy atom. The fourth-order valence-electron chi connectivity index (χ4n) is 5.56. The molecule has 0 unspecified atom stereocenters. The topological polar surface area (TPSA) is 73.3 Å². The van der Waals surface area contributed by atoms with Gasteiger partial charge in [0.15, 0.2) is 0 Å². The van der Waals surface area contributed by atoms with Crippen molar-refractivity contribution in [3.63, 3.8) is 0 Å². The van der Waals surface area contributed by atoms with Gasteiger partial charge < -0.3 is 19.6 Å². The molecule has 7 nitrogen and oxygen atoms in total. The first-order valence-corrected chi connectivity index (χ1v) is 12.8. The number of rotatable bonds is 6. The monoisotopic (exact) mass is 477 g/mol. The zero-order chi connectivity index (χ0) is 24.4. The van der Waals surface area contributed by atoms with Crippen LogP contribution in [0.2, 0.25) is 0 Å². The van der Waals surface area contributed by atoms with Crippen LogP contribution in [0.3, 0.4) is 0 Å². The van der Waals surface area contributed by atoms with E-state index < -0.39 is 6.10 Å². The number of ether oxygens (including phenoxy) is 1. The Bertz CT molecular complexity index is 1080. The summed E-state index contributed by atoms with van der Waals surface area (Å²) in [6, 6.07) is 14.2. The highest BCUT2D eigenvalue weighted by Gasteiger charge is 2.28. The number of fused-ring (bicyclic) bond motifs is 2. The molecule has 7 heteroatoms. The molecule has 0 bridgehead atoms. The van der Waals surface area contributed by atoms with E-state index in [1.165, 1.54) is 11.1 Å². The van der Waals surface area contributed by atoms with Gasteiger partial charge in [-0.05, 0) is 47.7 Å². The van der Waals surface area contributed by atoms with Crippen LogP contribution in [0, 0.1) is 0 Å². The lowest BCUT2D eigenvalue weighted by Crippen LogP contribution is -2.46. The summed E-state index contributed by atoms with van der Waals surface area (Å²) in [5.41, 5.74) is 4.43. The summed E-state index contributed by atoms with van der Waals surface area (Å²) in [6.45, 7) is 6.36. The third-order valence-electron chi connectivity index (χ3n) is 7.55. The number of likely N-dealkylation sites (tertiary alicyclic amines) is 1. The number of hydrogen-bond acceptors (Lipinski definition) is 5. The number of benzene rings is 2. The molecule has 0 spiro atoms. The van der Waals surface area contributed by atoms with E-state index in [0.717, 1.165) is 63.2 Å². The lowest BCUT2D eigenvalue weighted by atomic mass is 9.98. The van der Waals surface area contributed by atoms with Gasteiger partial charge >= 0.3 is 0 Å². The number of aliphatic hydroxyl groups excluding tert-OH is 1. The third kappa shape index (κ3) is 5.52. The van der Waals surface area contributed by atoms with E-state index in [-0.39, 0.29) is 17.9 Å². The largest absolute Gasteiger partial charge is 0.490 e. The molecule has 3 heterocycles. The first-order valence-electron chi connectivity index (χ1n) is 12.8. The number of nitrogens with zero attached hydrogens (tertiary/aromatic N) is 3. The molecule has 2 aromatic carbocycles. The molecule has 5 rings (SSSR count). The molecule has 0 aromatic heterocycles. The molecule has 2 aromatic rings. The lowest BCUT2D eigenvalue weighted by molar-refractivity contribution is -0.130. The summed E-state index contributed by atoms with van der Waals surface area (Å²) in [5.74, 6) is 0.888. The van der Waals surface area contributed by atoms with Crippen LogP contribution in [-0.4, -0.2) is 83.1 Å². The first-order chi connectivity index (χ1) is 17.0. The average molecular weight is 478 g/mol. The van der Waals surface area contributed by atoms with E-state index in [0.29, 0.717) is 25.2 Å². The highest BCUT2D eigenvalue weighted by atomic mass is 16.5. The Hall–Kier alpha value is -2.90. The zero-order valence-corrected chi connectivity index (χ0v) is 20.5. The molecule has 1 saturated heterocycles. The number of hydrogen-bond donors (Lipinski definition) is 1. The first kappa shape index (κ1) is 23.8. The minimum Gasteiger partial charge on any atom is -0.490 e. The third-order valence-corrected chi connectivity index (χ3v) is 7.55. The molecule has 0 radical (unpaired) electrons. The van der Waals surface area contributed by atoms with Gasteiger partial charge in [0.2, 0.25) is 5.91 Å². The van der Waals surface area contributed by atoms with Crippen LogP contribution in [0.25, 0.3) is 0 Å². The van der Waals surface area contributed by atoms with Crippen LogP contribution < -0.4 is 4.74 Å². The Morgan fingerprint density at radius 3 is 2.51 bits per heavy atom. The van der Waals surface area contributed by atoms with E-state index in [9.17, 15) is 14.7 Å². The quantitative estimate of drug-likeness (QED) is 0.692. The summed E-state index contributed by atoms with van der Waals surface area (Å²) in [4.78, 5) is 30.6. The summed E-state index contributed by atoms with van der Waals surface area (Å²) in [6.07, 6.45) is 2.92. The highest BCUT2D eigenvalue weighted by molar-refractivity contribution is 5.97. The van der Waals surface area contributed by atoms with Crippen molar-refractivity contribution in [3.05, 3.63) is 64.7 Å². The van der Waals surface area contributed by atoms with Crippen molar-refractivity contribution < 1.29 is 19.4 Å². The molecule has 0 saturated carbocycles. The maximum absolute atomic E-state index is 13.1. The SMILES string of the molecule is CC(=O)N1CCC(Oc2ccc3c(c2)CCN(C[C@H](O)CN2CCc4ccccc4C2)C3=O)CC1. The van der Waals surface area contributed by atoms with Gasteiger partial charge in [0.05, 0.1) is 6.10 Å². The molecule has 35 heavy (non-hydrogen) atoms. The summed E-state index contributed by atoms with van der Waals surface area (Å²) < 4.78 is 6.18. The van der Waals surface area contributed by atoms with E-state index >= 15 is 0 Å². The van der Waals surface area contributed by atoms with Crippen molar-refractivity contribution in [1.29, 1.82) is 0 Å². The van der Waals surface area contributed by atoms with Crippen molar-refractivity contribution in [2.75, 3.05) is 39.3 Å². The second-order valence-corrected chi connectivity index (χ2v) is 10.1. The predicted octanol–water partition coefficient (Wildman–Crippen LogP) is 2.49. The van der Waals surface area contributed by atoms with Crippen LogP contribution >= 0.6 is 0 Å². The highest BCUT2D eigenvalue weighted by Crippen LogP contribution is 2.27. The van der Waals surface area contributed by atoms with Gasteiger partial charge in [0, 0.05) is 71.1 Å². The van der Waals surface area contributed by atoms with Crippen molar-refractivity contribution in [2.24, 2.45) is 0 Å². The molecule has 186 valence electrons. The number of carbonyl (C=O) groups is 2. The molecule has 1 atom stereocenters. The van der Waals surface area contributed by atoms with Crippen LogP contribution in [0.5, 0.6) is 5.75 Å². The molecule has 1 fully saturated rings. The molecule has 3 aliphatic heterocycles. The fraction of sp³-hybridized carbons (Fsp3) is 0.500.